The zero-order valence-electron chi connectivity index (χ0n) is 5.42. The van der Waals surface area contributed by atoms with Crippen molar-refractivity contribution in [3.8, 4) is 0 Å². The summed E-state index contributed by atoms with van der Waals surface area (Å²) < 4.78 is 0. The van der Waals surface area contributed by atoms with Crippen molar-refractivity contribution in [1.29, 1.82) is 0 Å². The predicted molar refractivity (Wildman–Crippen MR) is 36.9 cm³/mol. The molecular formula is C7H11NO. The van der Waals surface area contributed by atoms with Gasteiger partial charge in [-0.1, -0.05) is 18.9 Å². The summed E-state index contributed by atoms with van der Waals surface area (Å²) in [4.78, 5) is 9.62. The lowest BCUT2D eigenvalue weighted by Gasteiger charge is -1.95. The van der Waals surface area contributed by atoms with Crippen molar-refractivity contribution < 1.29 is 0 Å². The Morgan fingerprint density at radius 1 is 1.33 bits per heavy atom. The van der Waals surface area contributed by atoms with Gasteiger partial charge in [-0.3, -0.25) is 0 Å². The summed E-state index contributed by atoms with van der Waals surface area (Å²) in [6.45, 7) is 0. The molecule has 1 saturated carbocycles. The van der Waals surface area contributed by atoms with Crippen LogP contribution in [0, 0.1) is 10.8 Å². The van der Waals surface area contributed by atoms with Crippen molar-refractivity contribution in [2.24, 2.45) is 11.1 Å². The number of hydrogen-bond donors (Lipinski definition) is 0. The standard InChI is InChI=1S/C7H11NO/c9-8-6-5-7-3-1-2-4-7/h5-7H,1-4H2/b6-5+. The average molecular weight is 125 g/mol. The summed E-state index contributed by atoms with van der Waals surface area (Å²) in [5.41, 5.74) is 0. The molecule has 1 aliphatic carbocycles. The molecule has 9 heavy (non-hydrogen) atoms. The minimum absolute atomic E-state index is 0.641. The molecule has 0 aromatic rings. The van der Waals surface area contributed by atoms with E-state index in [1.54, 1.807) is 0 Å². The molecule has 0 N–H and O–H groups in total. The number of allylic oxidation sites excluding steroid dienone is 1. The Bertz CT molecular complexity index is 114. The summed E-state index contributed by atoms with van der Waals surface area (Å²) in [5.74, 6) is 0.641. The van der Waals surface area contributed by atoms with Crippen molar-refractivity contribution >= 4 is 0 Å². The molecule has 1 rings (SSSR count). The van der Waals surface area contributed by atoms with Gasteiger partial charge in [-0.05, 0) is 23.9 Å². The fourth-order valence-electron chi connectivity index (χ4n) is 1.31. The van der Waals surface area contributed by atoms with Crippen molar-refractivity contribution in [3.63, 3.8) is 0 Å². The van der Waals surface area contributed by atoms with Gasteiger partial charge in [0.05, 0.1) is 6.20 Å². The van der Waals surface area contributed by atoms with Crippen LogP contribution in [0.3, 0.4) is 0 Å². The van der Waals surface area contributed by atoms with E-state index in [0.29, 0.717) is 5.92 Å². The minimum Gasteiger partial charge on any atom is -0.145 e. The molecule has 0 aromatic carbocycles. The first-order valence-corrected chi connectivity index (χ1v) is 3.42. The third kappa shape index (κ3) is 1.96. The number of nitrogens with zero attached hydrogens (tertiary/aromatic N) is 1. The van der Waals surface area contributed by atoms with Gasteiger partial charge in [0, 0.05) is 0 Å². The molecule has 1 fully saturated rings. The van der Waals surface area contributed by atoms with Gasteiger partial charge in [0.25, 0.3) is 0 Å². The highest BCUT2D eigenvalue weighted by atomic mass is 16.2. The zero-order chi connectivity index (χ0) is 6.53. The van der Waals surface area contributed by atoms with E-state index in [-0.39, 0.29) is 0 Å². The van der Waals surface area contributed by atoms with Crippen LogP contribution in [0.15, 0.2) is 17.5 Å². The van der Waals surface area contributed by atoms with Crippen LogP contribution in [-0.2, 0) is 0 Å². The van der Waals surface area contributed by atoms with Crippen LogP contribution in [0.1, 0.15) is 25.7 Å². The third-order valence-corrected chi connectivity index (χ3v) is 1.82. The Morgan fingerprint density at radius 2 is 2.00 bits per heavy atom. The minimum atomic E-state index is 0.641. The lowest BCUT2D eigenvalue weighted by atomic mass is 10.1. The van der Waals surface area contributed by atoms with E-state index in [9.17, 15) is 4.91 Å². The van der Waals surface area contributed by atoms with Crippen LogP contribution in [-0.4, -0.2) is 0 Å². The molecule has 0 bridgehead atoms. The summed E-state index contributed by atoms with van der Waals surface area (Å²) in [6.07, 6.45) is 8.40. The molecule has 0 unspecified atom stereocenters. The first-order chi connectivity index (χ1) is 4.43. The lowest BCUT2D eigenvalue weighted by Crippen LogP contribution is -1.83. The fraction of sp³-hybridized carbons (Fsp3) is 0.714. The second-order valence-electron chi connectivity index (χ2n) is 2.49. The molecular weight excluding hydrogens is 114 g/mol. The van der Waals surface area contributed by atoms with Crippen molar-refractivity contribution in [2.75, 3.05) is 0 Å². The Balaban J connectivity index is 2.25. The van der Waals surface area contributed by atoms with E-state index in [1.165, 1.54) is 31.9 Å². The van der Waals surface area contributed by atoms with Gasteiger partial charge >= 0.3 is 0 Å². The lowest BCUT2D eigenvalue weighted by molar-refractivity contribution is 0.684. The SMILES string of the molecule is O=N/C=C/C1CCCC1. The molecule has 0 heterocycles. The van der Waals surface area contributed by atoms with Crippen LogP contribution >= 0.6 is 0 Å². The first-order valence-electron chi connectivity index (χ1n) is 3.42. The molecule has 0 spiro atoms. The smallest absolute Gasteiger partial charge is 0.0677 e. The van der Waals surface area contributed by atoms with Crippen LogP contribution in [0.5, 0.6) is 0 Å². The molecule has 0 saturated heterocycles. The van der Waals surface area contributed by atoms with E-state index in [1.807, 2.05) is 6.08 Å². The summed E-state index contributed by atoms with van der Waals surface area (Å²) in [6, 6.07) is 0. The largest absolute Gasteiger partial charge is 0.145 e. The second kappa shape index (κ2) is 3.38. The van der Waals surface area contributed by atoms with E-state index in [0.717, 1.165) is 0 Å². The van der Waals surface area contributed by atoms with Gasteiger partial charge < -0.3 is 0 Å². The molecule has 1 aliphatic rings. The van der Waals surface area contributed by atoms with Crippen molar-refractivity contribution in [3.05, 3.63) is 17.2 Å². The van der Waals surface area contributed by atoms with Gasteiger partial charge in [0.2, 0.25) is 0 Å². The number of rotatable bonds is 2. The average Bonchev–Trinajstić information content (AvgIpc) is 2.34. The molecule has 0 amide bonds. The number of nitroso groups, excluding NO2 is 1. The van der Waals surface area contributed by atoms with Gasteiger partial charge in [-0.2, -0.15) is 0 Å². The molecule has 50 valence electrons. The maximum absolute atomic E-state index is 9.62. The quantitative estimate of drug-likeness (QED) is 0.521. The topological polar surface area (TPSA) is 29.4 Å². The highest BCUT2D eigenvalue weighted by Gasteiger charge is 2.10. The Labute approximate surface area is 54.9 Å². The third-order valence-electron chi connectivity index (χ3n) is 1.82. The second-order valence-corrected chi connectivity index (χ2v) is 2.49. The van der Waals surface area contributed by atoms with Gasteiger partial charge in [0.1, 0.15) is 0 Å². The first kappa shape index (κ1) is 6.46. The molecule has 0 aliphatic heterocycles. The Hall–Kier alpha value is -0.660. The highest BCUT2D eigenvalue weighted by molar-refractivity contribution is 4.88. The summed E-state index contributed by atoms with van der Waals surface area (Å²) in [5, 5.41) is 2.67. The monoisotopic (exact) mass is 125 g/mol. The van der Waals surface area contributed by atoms with E-state index < -0.39 is 0 Å². The summed E-state index contributed by atoms with van der Waals surface area (Å²) >= 11 is 0. The van der Waals surface area contributed by atoms with Crippen molar-refractivity contribution in [1.82, 2.24) is 0 Å². The normalized spacial score (nSPS) is 21.3. The van der Waals surface area contributed by atoms with Crippen LogP contribution in [0.25, 0.3) is 0 Å². The highest BCUT2D eigenvalue weighted by Crippen LogP contribution is 2.25. The maximum atomic E-state index is 9.62. The van der Waals surface area contributed by atoms with E-state index in [4.69, 9.17) is 0 Å². The molecule has 2 nitrogen and oxygen atoms in total. The van der Waals surface area contributed by atoms with E-state index in [2.05, 4.69) is 5.18 Å². The van der Waals surface area contributed by atoms with Crippen LogP contribution in [0.2, 0.25) is 0 Å². The molecule has 0 atom stereocenters. The van der Waals surface area contributed by atoms with Gasteiger partial charge in [-0.15, -0.1) is 4.91 Å². The molecule has 2 heteroatoms. The van der Waals surface area contributed by atoms with Crippen molar-refractivity contribution in [2.45, 2.75) is 25.7 Å². The maximum Gasteiger partial charge on any atom is 0.0677 e. The number of hydrogen-bond acceptors (Lipinski definition) is 2. The summed E-state index contributed by atoms with van der Waals surface area (Å²) in [7, 11) is 0. The van der Waals surface area contributed by atoms with E-state index >= 15 is 0 Å². The molecule has 0 aromatic heterocycles. The van der Waals surface area contributed by atoms with Gasteiger partial charge in [0.15, 0.2) is 0 Å². The fourth-order valence-corrected chi connectivity index (χ4v) is 1.31. The predicted octanol–water partition coefficient (Wildman–Crippen LogP) is 2.46. The zero-order valence-corrected chi connectivity index (χ0v) is 5.42. The van der Waals surface area contributed by atoms with Crippen LogP contribution in [0.4, 0.5) is 0 Å². The van der Waals surface area contributed by atoms with Crippen LogP contribution < -0.4 is 0 Å². The Morgan fingerprint density at radius 3 is 2.56 bits per heavy atom. The van der Waals surface area contributed by atoms with Gasteiger partial charge in [-0.25, -0.2) is 0 Å². The molecule has 0 radical (unpaired) electrons. The Kier molecular flexibility index (Phi) is 2.43.